The Labute approximate surface area is 183 Å². The van der Waals surface area contributed by atoms with Gasteiger partial charge in [0, 0.05) is 31.7 Å². The van der Waals surface area contributed by atoms with Gasteiger partial charge in [-0.3, -0.25) is 9.69 Å². The molecular formula is C25H30N4O2. The Bertz CT molecular complexity index is 987. The number of aliphatic hydroxyl groups excluding tert-OH is 1. The molecule has 162 valence electrons. The zero-order valence-electron chi connectivity index (χ0n) is 17.9. The number of hydrogen-bond donors (Lipinski definition) is 2. The second-order valence-electron chi connectivity index (χ2n) is 8.09. The fourth-order valence-corrected chi connectivity index (χ4v) is 4.30. The van der Waals surface area contributed by atoms with Crippen molar-refractivity contribution in [2.45, 2.75) is 31.8 Å². The first-order valence-corrected chi connectivity index (χ1v) is 11.0. The maximum absolute atomic E-state index is 12.8. The van der Waals surface area contributed by atoms with Gasteiger partial charge in [0.25, 0.3) is 5.91 Å². The topological polar surface area (TPSA) is 70.4 Å². The first kappa shape index (κ1) is 21.3. The van der Waals surface area contributed by atoms with Crippen molar-refractivity contribution < 1.29 is 9.90 Å². The van der Waals surface area contributed by atoms with E-state index in [1.807, 2.05) is 73.8 Å². The second kappa shape index (κ2) is 9.90. The Hall–Kier alpha value is -2.96. The van der Waals surface area contributed by atoms with Crippen LogP contribution in [0.5, 0.6) is 0 Å². The molecule has 6 heteroatoms. The van der Waals surface area contributed by atoms with E-state index in [1.165, 1.54) is 0 Å². The number of likely N-dealkylation sites (tertiary alicyclic amines) is 1. The number of carbonyl (C=O) groups is 1. The number of hydrogen-bond acceptors (Lipinski definition) is 4. The Kier molecular flexibility index (Phi) is 6.79. The van der Waals surface area contributed by atoms with Crippen molar-refractivity contribution >= 4 is 5.91 Å². The summed E-state index contributed by atoms with van der Waals surface area (Å²) in [6.45, 7) is 4.80. The largest absolute Gasteiger partial charge is 0.387 e. The van der Waals surface area contributed by atoms with Gasteiger partial charge in [-0.15, -0.1) is 0 Å². The summed E-state index contributed by atoms with van der Waals surface area (Å²) in [7, 11) is 0. The van der Waals surface area contributed by atoms with E-state index in [-0.39, 0.29) is 11.8 Å². The zero-order valence-corrected chi connectivity index (χ0v) is 17.9. The van der Waals surface area contributed by atoms with Crippen molar-refractivity contribution in [3.63, 3.8) is 0 Å². The quantitative estimate of drug-likeness (QED) is 0.616. The molecule has 0 saturated carbocycles. The van der Waals surface area contributed by atoms with Gasteiger partial charge in [-0.05, 0) is 44.0 Å². The van der Waals surface area contributed by atoms with E-state index >= 15 is 0 Å². The van der Waals surface area contributed by atoms with Crippen LogP contribution in [0.4, 0.5) is 0 Å². The third-order valence-corrected chi connectivity index (χ3v) is 5.85. The van der Waals surface area contributed by atoms with Crippen molar-refractivity contribution in [2.75, 3.05) is 26.2 Å². The van der Waals surface area contributed by atoms with Gasteiger partial charge in [-0.25, -0.2) is 4.68 Å². The van der Waals surface area contributed by atoms with E-state index in [0.29, 0.717) is 18.7 Å². The SMILES string of the molecule is CCNC(=O)c1cn(-c2ccccc2)nc1[C@@H]1CCCN(C[C@@H](O)c2ccccc2)C1. The number of para-hydroxylation sites is 1. The zero-order chi connectivity index (χ0) is 21.6. The van der Waals surface area contributed by atoms with E-state index in [4.69, 9.17) is 5.10 Å². The molecule has 1 aromatic heterocycles. The molecule has 2 aromatic carbocycles. The van der Waals surface area contributed by atoms with Crippen molar-refractivity contribution in [3.8, 4) is 5.69 Å². The van der Waals surface area contributed by atoms with E-state index in [9.17, 15) is 9.90 Å². The highest BCUT2D eigenvalue weighted by atomic mass is 16.3. The Morgan fingerprint density at radius 3 is 2.58 bits per heavy atom. The minimum Gasteiger partial charge on any atom is -0.387 e. The molecular weight excluding hydrogens is 388 g/mol. The normalized spacial score (nSPS) is 17.9. The predicted molar refractivity (Wildman–Crippen MR) is 121 cm³/mol. The maximum atomic E-state index is 12.8. The van der Waals surface area contributed by atoms with Crippen LogP contribution < -0.4 is 5.32 Å². The van der Waals surface area contributed by atoms with Crippen LogP contribution in [0, 0.1) is 0 Å². The van der Waals surface area contributed by atoms with Crippen LogP contribution in [-0.2, 0) is 0 Å². The number of rotatable bonds is 7. The van der Waals surface area contributed by atoms with Gasteiger partial charge in [-0.2, -0.15) is 5.10 Å². The lowest BCUT2D eigenvalue weighted by Crippen LogP contribution is -2.38. The van der Waals surface area contributed by atoms with Crippen LogP contribution in [0.25, 0.3) is 5.69 Å². The summed E-state index contributed by atoms with van der Waals surface area (Å²) in [5.41, 5.74) is 3.35. The summed E-state index contributed by atoms with van der Waals surface area (Å²) in [6.07, 6.45) is 3.31. The highest BCUT2D eigenvalue weighted by molar-refractivity contribution is 5.95. The number of piperidine rings is 1. The fraction of sp³-hybridized carbons (Fsp3) is 0.360. The predicted octanol–water partition coefficient (Wildman–Crippen LogP) is 3.54. The van der Waals surface area contributed by atoms with Gasteiger partial charge in [0.1, 0.15) is 0 Å². The van der Waals surface area contributed by atoms with Crippen molar-refractivity contribution in [2.24, 2.45) is 0 Å². The molecule has 0 spiro atoms. The van der Waals surface area contributed by atoms with Crippen LogP contribution in [0.1, 0.15) is 53.4 Å². The summed E-state index contributed by atoms with van der Waals surface area (Å²) in [4.78, 5) is 15.1. The summed E-state index contributed by atoms with van der Waals surface area (Å²) >= 11 is 0. The molecule has 31 heavy (non-hydrogen) atoms. The first-order chi connectivity index (χ1) is 15.2. The summed E-state index contributed by atoms with van der Waals surface area (Å²) in [5.74, 6) is 0.0698. The molecule has 3 aromatic rings. The van der Waals surface area contributed by atoms with E-state index in [2.05, 4.69) is 10.2 Å². The fourth-order valence-electron chi connectivity index (χ4n) is 4.30. The van der Waals surface area contributed by atoms with E-state index in [0.717, 1.165) is 42.9 Å². The summed E-state index contributed by atoms with van der Waals surface area (Å²) in [6, 6.07) is 19.7. The van der Waals surface area contributed by atoms with Crippen molar-refractivity contribution in [3.05, 3.63) is 83.7 Å². The molecule has 6 nitrogen and oxygen atoms in total. The van der Waals surface area contributed by atoms with Gasteiger partial charge in [-0.1, -0.05) is 48.5 Å². The van der Waals surface area contributed by atoms with Gasteiger partial charge in [0.2, 0.25) is 0 Å². The highest BCUT2D eigenvalue weighted by Gasteiger charge is 2.29. The minimum absolute atomic E-state index is 0.0823. The molecule has 1 aliphatic rings. The molecule has 1 aliphatic heterocycles. The number of nitrogens with one attached hydrogen (secondary N) is 1. The smallest absolute Gasteiger partial charge is 0.254 e. The molecule has 2 N–H and O–H groups in total. The van der Waals surface area contributed by atoms with Gasteiger partial charge in [0.05, 0.1) is 23.0 Å². The lowest BCUT2D eigenvalue weighted by atomic mass is 9.92. The third-order valence-electron chi connectivity index (χ3n) is 5.85. The van der Waals surface area contributed by atoms with Gasteiger partial charge in [0.15, 0.2) is 0 Å². The molecule has 0 aliphatic carbocycles. The van der Waals surface area contributed by atoms with Crippen LogP contribution in [0.15, 0.2) is 66.9 Å². The lowest BCUT2D eigenvalue weighted by molar-refractivity contribution is 0.0923. The number of β-amino-alcohol motifs (C(OH)–C–C–N with tert-alkyl or cyclic N) is 1. The minimum atomic E-state index is -0.523. The molecule has 1 saturated heterocycles. The average Bonchev–Trinajstić information content (AvgIpc) is 3.26. The molecule has 2 heterocycles. The molecule has 0 unspecified atom stereocenters. The lowest BCUT2D eigenvalue weighted by Gasteiger charge is -2.33. The van der Waals surface area contributed by atoms with Crippen LogP contribution in [0.2, 0.25) is 0 Å². The highest BCUT2D eigenvalue weighted by Crippen LogP contribution is 2.30. The standard InChI is InChI=1S/C25H30N4O2/c1-2-26-25(31)22-17-29(21-13-7-4-8-14-21)27-24(22)20-12-9-15-28(16-20)18-23(30)19-10-5-3-6-11-19/h3-8,10-11,13-14,17,20,23,30H,2,9,12,15-16,18H2,1H3,(H,26,31)/t20-,23-/m1/s1. The van der Waals surface area contributed by atoms with E-state index in [1.54, 1.807) is 4.68 Å². The molecule has 0 radical (unpaired) electrons. The number of aromatic nitrogens is 2. The monoisotopic (exact) mass is 418 g/mol. The van der Waals surface area contributed by atoms with Crippen molar-refractivity contribution in [1.29, 1.82) is 0 Å². The van der Waals surface area contributed by atoms with Crippen molar-refractivity contribution in [1.82, 2.24) is 20.0 Å². The Balaban J connectivity index is 1.55. The molecule has 4 rings (SSSR count). The van der Waals surface area contributed by atoms with Crippen LogP contribution in [0.3, 0.4) is 0 Å². The molecule has 1 amide bonds. The summed E-state index contributed by atoms with van der Waals surface area (Å²) < 4.78 is 1.80. The van der Waals surface area contributed by atoms with Gasteiger partial charge < -0.3 is 10.4 Å². The Morgan fingerprint density at radius 2 is 1.87 bits per heavy atom. The number of aliphatic hydroxyl groups is 1. The number of amides is 1. The number of nitrogens with zero attached hydrogens (tertiary/aromatic N) is 3. The number of benzene rings is 2. The van der Waals surface area contributed by atoms with E-state index < -0.39 is 6.10 Å². The third kappa shape index (κ3) is 5.03. The maximum Gasteiger partial charge on any atom is 0.254 e. The Morgan fingerprint density at radius 1 is 1.16 bits per heavy atom. The van der Waals surface area contributed by atoms with Gasteiger partial charge >= 0.3 is 0 Å². The second-order valence-corrected chi connectivity index (χ2v) is 8.09. The molecule has 1 fully saturated rings. The first-order valence-electron chi connectivity index (χ1n) is 11.0. The number of carbonyl (C=O) groups excluding carboxylic acids is 1. The summed E-state index contributed by atoms with van der Waals surface area (Å²) in [5, 5.41) is 18.4. The molecule has 0 bridgehead atoms. The van der Waals surface area contributed by atoms with Crippen LogP contribution >= 0.6 is 0 Å². The van der Waals surface area contributed by atoms with Crippen LogP contribution in [-0.4, -0.2) is 51.9 Å². The molecule has 2 atom stereocenters. The average molecular weight is 419 g/mol.